The fraction of sp³-hybridized carbons (Fsp3) is 0.667. The van der Waals surface area contributed by atoms with E-state index in [1.165, 1.54) is 38.5 Å². The highest BCUT2D eigenvalue weighted by Gasteiger charge is 2.23. The molecule has 4 rings (SSSR count). The third kappa shape index (κ3) is 5.20. The van der Waals surface area contributed by atoms with E-state index in [-0.39, 0.29) is 0 Å². The topological polar surface area (TPSA) is 62.5 Å². The Balaban J connectivity index is 1.16. The van der Waals surface area contributed by atoms with Crippen molar-refractivity contribution in [2.45, 2.75) is 57.9 Å². The van der Waals surface area contributed by atoms with Gasteiger partial charge in [-0.2, -0.15) is 4.98 Å². The maximum Gasteiger partial charge on any atom is 0.241 e. The van der Waals surface area contributed by atoms with E-state index in [0.29, 0.717) is 30.6 Å². The fourth-order valence-corrected chi connectivity index (χ4v) is 5.00. The summed E-state index contributed by atoms with van der Waals surface area (Å²) in [5.41, 5.74) is 0. The van der Waals surface area contributed by atoms with Gasteiger partial charge in [-0.25, -0.2) is 0 Å². The van der Waals surface area contributed by atoms with Crippen LogP contribution < -0.4 is 0 Å². The Morgan fingerprint density at radius 1 is 1.18 bits per heavy atom. The average Bonchev–Trinajstić information content (AvgIpc) is 3.41. The smallest absolute Gasteiger partial charge is 0.241 e. The number of aromatic nitrogens is 2. The molecule has 0 aromatic carbocycles. The number of rotatable bonds is 7. The molecule has 6 nitrogen and oxygen atoms in total. The summed E-state index contributed by atoms with van der Waals surface area (Å²) in [6, 6.07) is 3.99. The predicted octanol–water partition coefficient (Wildman–Crippen LogP) is 4.19. The molecule has 1 aliphatic carbocycles. The largest absolute Gasteiger partial charge is 0.340 e. The first-order valence-corrected chi connectivity index (χ1v) is 11.5. The Morgan fingerprint density at radius 3 is 2.75 bits per heavy atom. The van der Waals surface area contributed by atoms with E-state index in [0.717, 1.165) is 43.4 Å². The van der Waals surface area contributed by atoms with Gasteiger partial charge in [-0.1, -0.05) is 43.3 Å². The molecule has 0 atom stereocenters. The van der Waals surface area contributed by atoms with Crippen LogP contribution in [0.4, 0.5) is 0 Å². The van der Waals surface area contributed by atoms with E-state index in [1.807, 2.05) is 22.4 Å². The van der Waals surface area contributed by atoms with Crippen LogP contribution in [0.1, 0.15) is 57.3 Å². The third-order valence-corrected chi connectivity index (χ3v) is 6.89. The van der Waals surface area contributed by atoms with Gasteiger partial charge >= 0.3 is 0 Å². The maximum atomic E-state index is 12.5. The first-order chi connectivity index (χ1) is 13.8. The molecule has 3 heterocycles. The van der Waals surface area contributed by atoms with Crippen LogP contribution in [0.3, 0.4) is 0 Å². The fourth-order valence-electron chi connectivity index (χ4n) is 4.35. The SMILES string of the molecule is O=C(CCCC1CCCCC1)N1CCN(Cc2nc(-c3cccs3)no2)CC1. The lowest BCUT2D eigenvalue weighted by Crippen LogP contribution is -2.48. The molecule has 2 aromatic heterocycles. The molecule has 0 spiro atoms. The minimum absolute atomic E-state index is 0.327. The number of carbonyl (C=O) groups is 1. The Bertz CT molecular complexity index is 731. The second-order valence-electron chi connectivity index (χ2n) is 8.04. The van der Waals surface area contributed by atoms with Crippen molar-refractivity contribution in [1.29, 1.82) is 0 Å². The van der Waals surface area contributed by atoms with Gasteiger partial charge < -0.3 is 9.42 Å². The molecule has 152 valence electrons. The lowest BCUT2D eigenvalue weighted by Gasteiger charge is -2.34. The predicted molar refractivity (Wildman–Crippen MR) is 110 cm³/mol. The second-order valence-corrected chi connectivity index (χ2v) is 8.99. The van der Waals surface area contributed by atoms with Crippen molar-refractivity contribution in [1.82, 2.24) is 19.9 Å². The Morgan fingerprint density at radius 2 is 2.00 bits per heavy atom. The summed E-state index contributed by atoms with van der Waals surface area (Å²) in [6.45, 7) is 3.99. The van der Waals surface area contributed by atoms with E-state index in [4.69, 9.17) is 4.52 Å². The van der Waals surface area contributed by atoms with Crippen LogP contribution >= 0.6 is 11.3 Å². The molecule has 7 heteroatoms. The van der Waals surface area contributed by atoms with E-state index in [2.05, 4.69) is 15.0 Å². The van der Waals surface area contributed by atoms with Gasteiger partial charge in [0.1, 0.15) is 0 Å². The first kappa shape index (κ1) is 19.6. The monoisotopic (exact) mass is 402 g/mol. The quantitative estimate of drug-likeness (QED) is 0.695. The van der Waals surface area contributed by atoms with Gasteiger partial charge in [0.25, 0.3) is 0 Å². The lowest BCUT2D eigenvalue weighted by molar-refractivity contribution is -0.133. The van der Waals surface area contributed by atoms with Crippen LogP contribution in [-0.4, -0.2) is 52.0 Å². The van der Waals surface area contributed by atoms with Crippen LogP contribution in [0, 0.1) is 5.92 Å². The van der Waals surface area contributed by atoms with Gasteiger partial charge in [-0.05, 0) is 30.2 Å². The van der Waals surface area contributed by atoms with Crippen LogP contribution in [-0.2, 0) is 11.3 Å². The van der Waals surface area contributed by atoms with E-state index in [1.54, 1.807) is 11.3 Å². The molecule has 2 aliphatic rings. The second kappa shape index (κ2) is 9.65. The molecular weight excluding hydrogens is 372 g/mol. The highest BCUT2D eigenvalue weighted by molar-refractivity contribution is 7.13. The van der Waals surface area contributed by atoms with Crippen LogP contribution in [0.15, 0.2) is 22.0 Å². The standard InChI is InChI=1S/C21H30N4O2S/c26-20(10-4-8-17-6-2-1-3-7-17)25-13-11-24(12-14-25)16-19-22-21(23-27-19)18-9-5-15-28-18/h5,9,15,17H,1-4,6-8,10-14,16H2. The van der Waals surface area contributed by atoms with Gasteiger partial charge in [0.15, 0.2) is 0 Å². The van der Waals surface area contributed by atoms with Gasteiger partial charge in [0, 0.05) is 32.6 Å². The number of carbonyl (C=O) groups excluding carboxylic acids is 1. The van der Waals surface area contributed by atoms with Crippen molar-refractivity contribution in [3.63, 3.8) is 0 Å². The van der Waals surface area contributed by atoms with E-state index < -0.39 is 0 Å². The molecule has 2 aromatic rings. The summed E-state index contributed by atoms with van der Waals surface area (Å²) < 4.78 is 5.40. The number of piperazine rings is 1. The summed E-state index contributed by atoms with van der Waals surface area (Å²) in [5.74, 6) is 2.51. The number of amides is 1. The molecule has 0 unspecified atom stereocenters. The summed E-state index contributed by atoms with van der Waals surface area (Å²) in [5, 5.41) is 6.08. The summed E-state index contributed by atoms with van der Waals surface area (Å²) in [6.07, 6.45) is 9.91. The first-order valence-electron chi connectivity index (χ1n) is 10.6. The van der Waals surface area contributed by atoms with Crippen molar-refractivity contribution < 1.29 is 9.32 Å². The summed E-state index contributed by atoms with van der Waals surface area (Å²) in [4.78, 5) is 22.3. The number of thiophene rings is 1. The molecular formula is C21H30N4O2S. The van der Waals surface area contributed by atoms with Crippen LogP contribution in [0.2, 0.25) is 0 Å². The van der Waals surface area contributed by atoms with Crippen molar-refractivity contribution in [3.8, 4) is 10.7 Å². The molecule has 0 radical (unpaired) electrons. The Hall–Kier alpha value is -1.73. The minimum atomic E-state index is 0.327. The molecule has 1 saturated heterocycles. The molecule has 28 heavy (non-hydrogen) atoms. The minimum Gasteiger partial charge on any atom is -0.340 e. The zero-order valence-corrected chi connectivity index (χ0v) is 17.3. The van der Waals surface area contributed by atoms with Crippen molar-refractivity contribution in [2.75, 3.05) is 26.2 Å². The Kier molecular flexibility index (Phi) is 6.75. The van der Waals surface area contributed by atoms with E-state index >= 15 is 0 Å². The van der Waals surface area contributed by atoms with E-state index in [9.17, 15) is 4.79 Å². The molecule has 0 bridgehead atoms. The Labute approximate surface area is 170 Å². The molecule has 0 N–H and O–H groups in total. The zero-order chi connectivity index (χ0) is 19.2. The van der Waals surface area contributed by atoms with Gasteiger partial charge in [0.05, 0.1) is 11.4 Å². The maximum absolute atomic E-state index is 12.5. The van der Waals surface area contributed by atoms with Crippen molar-refractivity contribution in [3.05, 3.63) is 23.4 Å². The van der Waals surface area contributed by atoms with Gasteiger partial charge in [0.2, 0.25) is 17.6 Å². The molecule has 1 amide bonds. The normalized spacial score (nSPS) is 19.2. The molecule has 2 fully saturated rings. The molecule has 1 saturated carbocycles. The highest BCUT2D eigenvalue weighted by Crippen LogP contribution is 2.28. The average molecular weight is 403 g/mol. The zero-order valence-electron chi connectivity index (χ0n) is 16.5. The lowest BCUT2D eigenvalue weighted by atomic mass is 9.86. The van der Waals surface area contributed by atoms with Crippen LogP contribution in [0.25, 0.3) is 10.7 Å². The molecule has 1 aliphatic heterocycles. The number of hydrogen-bond donors (Lipinski definition) is 0. The van der Waals surface area contributed by atoms with Gasteiger partial charge in [-0.3, -0.25) is 9.69 Å². The van der Waals surface area contributed by atoms with Gasteiger partial charge in [-0.15, -0.1) is 11.3 Å². The summed E-state index contributed by atoms with van der Waals surface area (Å²) >= 11 is 1.61. The van der Waals surface area contributed by atoms with Crippen LogP contribution in [0.5, 0.6) is 0 Å². The van der Waals surface area contributed by atoms with Crippen molar-refractivity contribution >= 4 is 17.2 Å². The summed E-state index contributed by atoms with van der Waals surface area (Å²) in [7, 11) is 0. The van der Waals surface area contributed by atoms with Crippen molar-refractivity contribution in [2.24, 2.45) is 5.92 Å². The number of nitrogens with zero attached hydrogens (tertiary/aromatic N) is 4. The third-order valence-electron chi connectivity index (χ3n) is 6.02. The highest BCUT2D eigenvalue weighted by atomic mass is 32.1. The number of hydrogen-bond acceptors (Lipinski definition) is 6.